The van der Waals surface area contributed by atoms with E-state index in [4.69, 9.17) is 14.7 Å². The Balaban J connectivity index is 1.06. The quantitative estimate of drug-likeness (QED) is 0.279. The van der Waals surface area contributed by atoms with Crippen molar-refractivity contribution in [1.82, 2.24) is 39.4 Å². The summed E-state index contributed by atoms with van der Waals surface area (Å²) < 4.78 is 7.57. The van der Waals surface area contributed by atoms with Crippen molar-refractivity contribution in [2.75, 3.05) is 20.2 Å². The van der Waals surface area contributed by atoms with Crippen LogP contribution in [-0.4, -0.2) is 59.6 Å². The Morgan fingerprint density at radius 2 is 1.66 bits per heavy atom. The van der Waals surface area contributed by atoms with Gasteiger partial charge in [0.25, 0.3) is 5.88 Å². The number of nitrogens with one attached hydrogen (secondary N) is 1. The standard InChI is InChI=1S/C32H30N8O/c1-41-32-31-35-27(28(40(31)20-17-34-32)24-7-3-2-4-8-24)23-12-10-22(11-13-23)21-39-18-14-25(15-19-39)29-36-30(38-37-29)26-9-5-6-16-33-26/h2-13,16-17,20,25H,14-15,18-19,21H2,1H3,(H,36,37,38). The smallest absolute Gasteiger partial charge is 0.258 e. The lowest BCUT2D eigenvalue weighted by Gasteiger charge is -2.30. The van der Waals surface area contributed by atoms with Gasteiger partial charge >= 0.3 is 0 Å². The Hall–Kier alpha value is -4.89. The summed E-state index contributed by atoms with van der Waals surface area (Å²) in [6.45, 7) is 2.95. The van der Waals surface area contributed by atoms with Crippen LogP contribution in [0, 0.1) is 0 Å². The predicted octanol–water partition coefficient (Wildman–Crippen LogP) is 5.63. The van der Waals surface area contributed by atoms with E-state index >= 15 is 0 Å². The van der Waals surface area contributed by atoms with Gasteiger partial charge in [0.1, 0.15) is 11.5 Å². The van der Waals surface area contributed by atoms with E-state index in [1.54, 1.807) is 19.5 Å². The first-order chi connectivity index (χ1) is 20.3. The lowest BCUT2D eigenvalue weighted by molar-refractivity contribution is 0.202. The molecule has 0 aliphatic carbocycles. The first-order valence-electron chi connectivity index (χ1n) is 13.9. The highest BCUT2D eigenvalue weighted by molar-refractivity contribution is 5.83. The second-order valence-electron chi connectivity index (χ2n) is 10.3. The molecule has 1 saturated heterocycles. The summed E-state index contributed by atoms with van der Waals surface area (Å²) in [5.74, 6) is 2.52. The normalized spacial score (nSPS) is 14.5. The van der Waals surface area contributed by atoms with Crippen molar-refractivity contribution in [1.29, 1.82) is 0 Å². The molecule has 41 heavy (non-hydrogen) atoms. The van der Waals surface area contributed by atoms with Crippen LogP contribution in [-0.2, 0) is 6.54 Å². The largest absolute Gasteiger partial charge is 0.478 e. The Kier molecular flexibility index (Phi) is 6.70. The number of hydrogen-bond donors (Lipinski definition) is 1. The highest BCUT2D eigenvalue weighted by Crippen LogP contribution is 2.35. The number of rotatable bonds is 7. The number of hydrogen-bond acceptors (Lipinski definition) is 7. The number of pyridine rings is 1. The van der Waals surface area contributed by atoms with Gasteiger partial charge in [-0.3, -0.25) is 19.4 Å². The SMILES string of the molecule is COc1nccn2c(-c3ccccc3)c(-c3ccc(CN4CCC(c5nc(-c6ccccn6)n[nH]5)CC4)cc3)nc12. The predicted molar refractivity (Wildman–Crippen MR) is 157 cm³/mol. The molecule has 9 heteroatoms. The van der Waals surface area contributed by atoms with Crippen molar-refractivity contribution < 1.29 is 4.74 Å². The number of aromatic nitrogens is 7. The number of imidazole rings is 1. The van der Waals surface area contributed by atoms with Crippen molar-refractivity contribution in [2.24, 2.45) is 0 Å². The molecule has 9 nitrogen and oxygen atoms in total. The second kappa shape index (κ2) is 10.9. The van der Waals surface area contributed by atoms with Gasteiger partial charge in [-0.2, -0.15) is 5.10 Å². The van der Waals surface area contributed by atoms with Crippen LogP contribution < -0.4 is 4.74 Å². The maximum absolute atomic E-state index is 5.52. The van der Waals surface area contributed by atoms with E-state index in [0.29, 0.717) is 23.3 Å². The number of aromatic amines is 1. The van der Waals surface area contributed by atoms with Crippen molar-refractivity contribution in [3.05, 3.63) is 103 Å². The van der Waals surface area contributed by atoms with Gasteiger partial charge < -0.3 is 4.74 Å². The van der Waals surface area contributed by atoms with Crippen LogP contribution in [0.2, 0.25) is 0 Å². The number of piperidine rings is 1. The zero-order chi connectivity index (χ0) is 27.6. The summed E-state index contributed by atoms with van der Waals surface area (Å²) in [5.41, 5.74) is 6.87. The summed E-state index contributed by atoms with van der Waals surface area (Å²) in [7, 11) is 1.63. The van der Waals surface area contributed by atoms with Crippen LogP contribution in [0.4, 0.5) is 0 Å². The van der Waals surface area contributed by atoms with E-state index < -0.39 is 0 Å². The molecule has 6 aromatic rings. The van der Waals surface area contributed by atoms with E-state index in [-0.39, 0.29) is 0 Å². The van der Waals surface area contributed by atoms with Crippen LogP contribution in [0.25, 0.3) is 39.7 Å². The van der Waals surface area contributed by atoms with Crippen molar-refractivity contribution >= 4 is 5.65 Å². The van der Waals surface area contributed by atoms with Gasteiger partial charge in [-0.1, -0.05) is 60.7 Å². The fraction of sp³-hybridized carbons (Fsp3) is 0.219. The van der Waals surface area contributed by atoms with Crippen LogP contribution in [0.1, 0.15) is 30.1 Å². The van der Waals surface area contributed by atoms with Crippen molar-refractivity contribution in [3.8, 4) is 39.9 Å². The number of nitrogens with zero attached hydrogens (tertiary/aromatic N) is 7. The van der Waals surface area contributed by atoms with Gasteiger partial charge in [0.15, 0.2) is 5.82 Å². The third kappa shape index (κ3) is 4.96. The van der Waals surface area contributed by atoms with Crippen molar-refractivity contribution in [3.63, 3.8) is 0 Å². The Morgan fingerprint density at radius 3 is 2.41 bits per heavy atom. The van der Waals surface area contributed by atoms with Crippen LogP contribution >= 0.6 is 0 Å². The molecule has 204 valence electrons. The van der Waals surface area contributed by atoms with Gasteiger partial charge in [0, 0.05) is 42.2 Å². The van der Waals surface area contributed by atoms with Gasteiger partial charge in [0.05, 0.1) is 18.5 Å². The molecule has 1 fully saturated rings. The summed E-state index contributed by atoms with van der Waals surface area (Å²) in [4.78, 5) is 21.0. The molecular weight excluding hydrogens is 512 g/mol. The lowest BCUT2D eigenvalue weighted by Crippen LogP contribution is -2.32. The molecule has 1 aliphatic rings. The first-order valence-corrected chi connectivity index (χ1v) is 13.9. The zero-order valence-corrected chi connectivity index (χ0v) is 22.8. The number of benzene rings is 2. The number of methoxy groups -OCH3 is 1. The zero-order valence-electron chi connectivity index (χ0n) is 22.8. The van der Waals surface area contributed by atoms with E-state index in [9.17, 15) is 0 Å². The third-order valence-electron chi connectivity index (χ3n) is 7.76. The number of H-pyrrole nitrogens is 1. The van der Waals surface area contributed by atoms with E-state index in [1.165, 1.54) is 5.56 Å². The topological polar surface area (TPSA) is 97.1 Å². The molecule has 0 radical (unpaired) electrons. The average molecular weight is 543 g/mol. The van der Waals surface area contributed by atoms with Crippen molar-refractivity contribution in [2.45, 2.75) is 25.3 Å². The first kappa shape index (κ1) is 25.1. The number of likely N-dealkylation sites (tertiary alicyclic amines) is 1. The molecule has 0 saturated carbocycles. The number of fused-ring (bicyclic) bond motifs is 1. The maximum atomic E-state index is 5.52. The molecule has 7 rings (SSSR count). The molecule has 0 spiro atoms. The molecule has 0 atom stereocenters. The fourth-order valence-electron chi connectivity index (χ4n) is 5.63. The minimum atomic E-state index is 0.386. The number of ether oxygens (including phenoxy) is 1. The van der Waals surface area contributed by atoms with Crippen LogP contribution in [0.3, 0.4) is 0 Å². The van der Waals surface area contributed by atoms with Crippen LogP contribution in [0.15, 0.2) is 91.4 Å². The van der Waals surface area contributed by atoms with Gasteiger partial charge in [-0.15, -0.1) is 0 Å². The van der Waals surface area contributed by atoms with Gasteiger partial charge in [-0.05, 0) is 43.6 Å². The monoisotopic (exact) mass is 542 g/mol. The molecule has 5 heterocycles. The molecule has 0 amide bonds. The molecular formula is C32H30N8O. The van der Waals surface area contributed by atoms with Gasteiger partial charge in [0.2, 0.25) is 5.65 Å². The molecule has 0 unspecified atom stereocenters. The van der Waals surface area contributed by atoms with E-state index in [1.807, 2.05) is 42.6 Å². The van der Waals surface area contributed by atoms with Gasteiger partial charge in [-0.25, -0.2) is 15.0 Å². The van der Waals surface area contributed by atoms with E-state index in [0.717, 1.165) is 66.5 Å². The summed E-state index contributed by atoms with van der Waals surface area (Å²) >= 11 is 0. The maximum Gasteiger partial charge on any atom is 0.258 e. The Labute approximate surface area is 237 Å². The second-order valence-corrected chi connectivity index (χ2v) is 10.3. The minimum absolute atomic E-state index is 0.386. The highest BCUT2D eigenvalue weighted by atomic mass is 16.5. The highest BCUT2D eigenvalue weighted by Gasteiger charge is 2.24. The lowest BCUT2D eigenvalue weighted by atomic mass is 9.95. The minimum Gasteiger partial charge on any atom is -0.478 e. The average Bonchev–Trinajstić information content (AvgIpc) is 3.69. The summed E-state index contributed by atoms with van der Waals surface area (Å²) in [6.07, 6.45) is 7.55. The summed E-state index contributed by atoms with van der Waals surface area (Å²) in [5, 5.41) is 7.56. The van der Waals surface area contributed by atoms with E-state index in [2.05, 4.69) is 65.9 Å². The molecule has 2 aromatic carbocycles. The van der Waals surface area contributed by atoms with Crippen LogP contribution in [0.5, 0.6) is 5.88 Å². The Morgan fingerprint density at radius 1 is 0.854 bits per heavy atom. The molecule has 0 bridgehead atoms. The molecule has 1 N–H and O–H groups in total. The molecule has 4 aromatic heterocycles. The fourth-order valence-corrected chi connectivity index (χ4v) is 5.63. The summed E-state index contributed by atoms with van der Waals surface area (Å²) in [6, 6.07) is 24.9. The third-order valence-corrected chi connectivity index (χ3v) is 7.76. The Bertz CT molecular complexity index is 1750. The molecule has 1 aliphatic heterocycles.